The predicted octanol–water partition coefficient (Wildman–Crippen LogP) is 2.20. The molecule has 0 bridgehead atoms. The van der Waals surface area contributed by atoms with Crippen molar-refractivity contribution in [1.29, 1.82) is 0 Å². The van der Waals surface area contributed by atoms with Crippen LogP contribution in [-0.4, -0.2) is 47.7 Å². The Bertz CT molecular complexity index is 994. The SMILES string of the molecule is COc1ccc(S(=O)(=O)N2CC(n3cnnc3-c3ccccc3)C2)cc1. The summed E-state index contributed by atoms with van der Waals surface area (Å²) in [6.07, 6.45) is 1.66. The van der Waals surface area contributed by atoms with E-state index >= 15 is 0 Å². The normalized spacial score (nSPS) is 15.6. The van der Waals surface area contributed by atoms with Crippen LogP contribution in [0.2, 0.25) is 0 Å². The number of hydrogen-bond donors (Lipinski definition) is 0. The van der Waals surface area contributed by atoms with Gasteiger partial charge in [0.05, 0.1) is 18.0 Å². The Kier molecular flexibility index (Phi) is 4.21. The fourth-order valence-corrected chi connectivity index (χ4v) is 4.50. The van der Waals surface area contributed by atoms with Crippen LogP contribution < -0.4 is 4.74 Å². The summed E-state index contributed by atoms with van der Waals surface area (Å²) in [6.45, 7) is 0.790. The average molecular weight is 370 g/mol. The second-order valence-electron chi connectivity index (χ2n) is 6.08. The smallest absolute Gasteiger partial charge is 0.243 e. The number of sulfonamides is 1. The van der Waals surface area contributed by atoms with Crippen LogP contribution in [0.4, 0.5) is 0 Å². The molecule has 1 aliphatic rings. The molecular weight excluding hydrogens is 352 g/mol. The minimum atomic E-state index is -3.51. The van der Waals surface area contributed by atoms with Gasteiger partial charge in [-0.3, -0.25) is 0 Å². The van der Waals surface area contributed by atoms with Crippen molar-refractivity contribution in [2.75, 3.05) is 20.2 Å². The predicted molar refractivity (Wildman–Crippen MR) is 96.2 cm³/mol. The lowest BCUT2D eigenvalue weighted by atomic mass is 10.1. The van der Waals surface area contributed by atoms with Crippen molar-refractivity contribution >= 4 is 10.0 Å². The first-order valence-corrected chi connectivity index (χ1v) is 9.63. The molecule has 2 aromatic carbocycles. The Morgan fingerprint density at radius 1 is 1.04 bits per heavy atom. The summed E-state index contributed by atoms with van der Waals surface area (Å²) in [5.41, 5.74) is 0.960. The van der Waals surface area contributed by atoms with Crippen molar-refractivity contribution < 1.29 is 13.2 Å². The minimum Gasteiger partial charge on any atom is -0.497 e. The molecule has 8 heteroatoms. The Morgan fingerprint density at radius 2 is 1.73 bits per heavy atom. The fourth-order valence-electron chi connectivity index (χ4n) is 2.99. The number of hydrogen-bond acceptors (Lipinski definition) is 5. The van der Waals surface area contributed by atoms with E-state index in [0.717, 1.165) is 11.4 Å². The number of benzene rings is 2. The average Bonchev–Trinajstić information content (AvgIpc) is 3.10. The summed E-state index contributed by atoms with van der Waals surface area (Å²) < 4.78 is 33.9. The van der Waals surface area contributed by atoms with Crippen molar-refractivity contribution in [3.63, 3.8) is 0 Å². The van der Waals surface area contributed by atoms with Gasteiger partial charge in [-0.25, -0.2) is 8.42 Å². The highest BCUT2D eigenvalue weighted by molar-refractivity contribution is 7.89. The van der Waals surface area contributed by atoms with Crippen LogP contribution in [0.15, 0.2) is 65.8 Å². The van der Waals surface area contributed by atoms with Crippen LogP contribution in [0, 0.1) is 0 Å². The first-order valence-electron chi connectivity index (χ1n) is 8.19. The number of nitrogens with zero attached hydrogens (tertiary/aromatic N) is 4. The van der Waals surface area contributed by atoms with Gasteiger partial charge in [0.15, 0.2) is 5.82 Å². The monoisotopic (exact) mass is 370 g/mol. The van der Waals surface area contributed by atoms with Gasteiger partial charge in [-0.05, 0) is 24.3 Å². The molecule has 2 heterocycles. The zero-order valence-electron chi connectivity index (χ0n) is 14.2. The van der Waals surface area contributed by atoms with E-state index in [0.29, 0.717) is 18.8 Å². The first-order chi connectivity index (χ1) is 12.6. The highest BCUT2D eigenvalue weighted by atomic mass is 32.2. The van der Waals surface area contributed by atoms with E-state index in [4.69, 9.17) is 4.74 Å². The number of ether oxygens (including phenoxy) is 1. The minimum absolute atomic E-state index is 0.0215. The van der Waals surface area contributed by atoms with Crippen LogP contribution in [0.3, 0.4) is 0 Å². The molecule has 4 rings (SSSR count). The van der Waals surface area contributed by atoms with Crippen LogP contribution >= 0.6 is 0 Å². The van der Waals surface area contributed by atoms with E-state index in [9.17, 15) is 8.42 Å². The van der Waals surface area contributed by atoms with Gasteiger partial charge in [0.1, 0.15) is 12.1 Å². The zero-order chi connectivity index (χ0) is 18.1. The van der Waals surface area contributed by atoms with Gasteiger partial charge < -0.3 is 9.30 Å². The van der Waals surface area contributed by atoms with Crippen molar-refractivity contribution in [1.82, 2.24) is 19.1 Å². The Hall–Kier alpha value is -2.71. The highest BCUT2D eigenvalue weighted by Crippen LogP contribution is 2.31. The Morgan fingerprint density at radius 3 is 2.38 bits per heavy atom. The molecule has 0 N–H and O–H groups in total. The van der Waals surface area contributed by atoms with Crippen LogP contribution in [0.5, 0.6) is 5.75 Å². The summed E-state index contributed by atoms with van der Waals surface area (Å²) in [5, 5.41) is 8.18. The molecule has 0 atom stereocenters. The molecule has 1 aromatic heterocycles. The Balaban J connectivity index is 1.51. The van der Waals surface area contributed by atoms with Gasteiger partial charge in [0.25, 0.3) is 0 Å². The van der Waals surface area contributed by atoms with Gasteiger partial charge in [-0.2, -0.15) is 4.31 Å². The molecule has 0 aliphatic carbocycles. The van der Waals surface area contributed by atoms with Crippen LogP contribution in [0.25, 0.3) is 11.4 Å². The number of methoxy groups -OCH3 is 1. The molecular formula is C18H18N4O3S. The van der Waals surface area contributed by atoms with Gasteiger partial charge in [0, 0.05) is 18.7 Å². The van der Waals surface area contributed by atoms with Gasteiger partial charge in [-0.15, -0.1) is 10.2 Å². The molecule has 1 aliphatic heterocycles. The molecule has 3 aromatic rings. The molecule has 0 unspecified atom stereocenters. The lowest BCUT2D eigenvalue weighted by molar-refractivity contribution is 0.205. The van der Waals surface area contributed by atoms with Crippen LogP contribution in [-0.2, 0) is 10.0 Å². The summed E-state index contributed by atoms with van der Waals surface area (Å²) >= 11 is 0. The summed E-state index contributed by atoms with van der Waals surface area (Å²) in [5.74, 6) is 1.37. The fraction of sp³-hybridized carbons (Fsp3) is 0.222. The van der Waals surface area contributed by atoms with E-state index < -0.39 is 10.0 Å². The third-order valence-electron chi connectivity index (χ3n) is 4.52. The lowest BCUT2D eigenvalue weighted by Crippen LogP contribution is -2.50. The standard InChI is InChI=1S/C18H18N4O3S/c1-25-16-7-9-17(10-8-16)26(23,24)21-11-15(12-21)22-13-19-20-18(22)14-5-3-2-4-6-14/h2-10,13,15H,11-12H2,1H3. The van der Waals surface area contributed by atoms with Gasteiger partial charge in [-0.1, -0.05) is 30.3 Å². The van der Waals surface area contributed by atoms with Crippen molar-refractivity contribution in [3.8, 4) is 17.1 Å². The number of rotatable bonds is 5. The molecule has 0 amide bonds. The molecule has 1 fully saturated rings. The largest absolute Gasteiger partial charge is 0.497 e. The van der Waals surface area contributed by atoms with Crippen molar-refractivity contribution in [2.45, 2.75) is 10.9 Å². The first kappa shape index (κ1) is 16.7. The maximum absolute atomic E-state index is 12.7. The number of aromatic nitrogens is 3. The Labute approximate surface area is 151 Å². The zero-order valence-corrected chi connectivity index (χ0v) is 15.0. The van der Waals surface area contributed by atoms with Gasteiger partial charge >= 0.3 is 0 Å². The molecule has 0 saturated carbocycles. The quantitative estimate of drug-likeness (QED) is 0.688. The topological polar surface area (TPSA) is 77.3 Å². The van der Waals surface area contributed by atoms with E-state index in [2.05, 4.69) is 10.2 Å². The highest BCUT2D eigenvalue weighted by Gasteiger charge is 2.38. The molecule has 0 radical (unpaired) electrons. The van der Waals surface area contributed by atoms with Gasteiger partial charge in [0.2, 0.25) is 10.0 Å². The van der Waals surface area contributed by atoms with E-state index in [-0.39, 0.29) is 10.9 Å². The van der Waals surface area contributed by atoms with Crippen molar-refractivity contribution in [3.05, 3.63) is 60.9 Å². The maximum atomic E-state index is 12.7. The van der Waals surface area contributed by atoms with Crippen LogP contribution in [0.1, 0.15) is 6.04 Å². The van der Waals surface area contributed by atoms with E-state index in [1.54, 1.807) is 37.7 Å². The summed E-state index contributed by atoms with van der Waals surface area (Å²) in [4.78, 5) is 0.267. The lowest BCUT2D eigenvalue weighted by Gasteiger charge is -2.39. The second-order valence-corrected chi connectivity index (χ2v) is 8.02. The van der Waals surface area contributed by atoms with E-state index in [1.807, 2.05) is 34.9 Å². The third-order valence-corrected chi connectivity index (χ3v) is 6.37. The maximum Gasteiger partial charge on any atom is 0.243 e. The van der Waals surface area contributed by atoms with E-state index in [1.165, 1.54) is 4.31 Å². The summed E-state index contributed by atoms with van der Waals surface area (Å²) in [7, 11) is -1.96. The molecule has 134 valence electrons. The molecule has 1 saturated heterocycles. The summed E-state index contributed by atoms with van der Waals surface area (Å²) in [6, 6.07) is 16.2. The second kappa shape index (κ2) is 6.54. The third kappa shape index (κ3) is 2.87. The molecule has 0 spiro atoms. The molecule has 26 heavy (non-hydrogen) atoms. The molecule has 7 nitrogen and oxygen atoms in total. The van der Waals surface area contributed by atoms with Crippen molar-refractivity contribution in [2.24, 2.45) is 0 Å².